The lowest BCUT2D eigenvalue weighted by atomic mass is 10.5. The van der Waals surface area contributed by atoms with Crippen LogP contribution in [0.25, 0.3) is 0 Å². The summed E-state index contributed by atoms with van der Waals surface area (Å²) in [4.78, 5) is 16.7. The Morgan fingerprint density at radius 3 is 3.00 bits per heavy atom. The molecule has 2 aromatic rings. The normalized spacial score (nSPS) is 10.3. The van der Waals surface area contributed by atoms with Crippen LogP contribution in [0.4, 0.5) is 5.95 Å². The van der Waals surface area contributed by atoms with E-state index in [-0.39, 0.29) is 0 Å². The van der Waals surface area contributed by atoms with Gasteiger partial charge in [0, 0.05) is 18.9 Å². The van der Waals surface area contributed by atoms with Gasteiger partial charge in [0.05, 0.1) is 4.47 Å². The Labute approximate surface area is 118 Å². The predicted octanol–water partition coefficient (Wildman–Crippen LogP) is 3.00. The van der Waals surface area contributed by atoms with Crippen LogP contribution in [0, 0.1) is 0 Å². The van der Waals surface area contributed by atoms with Crippen molar-refractivity contribution >= 4 is 33.6 Å². The molecule has 2 aromatic heterocycles. The van der Waals surface area contributed by atoms with E-state index < -0.39 is 0 Å². The Kier molecular flexibility index (Phi) is 4.89. The van der Waals surface area contributed by atoms with Gasteiger partial charge in [0.25, 0.3) is 0 Å². The standard InChI is InChI=1S/C11H12BrN5S/c1-2-4-14-11-15-6-8(12)10(17-11)18-9-3-5-13-7-16-9/h3,5-7H,2,4H2,1H3,(H,14,15,17). The van der Waals surface area contributed by atoms with E-state index in [0.29, 0.717) is 5.95 Å². The van der Waals surface area contributed by atoms with E-state index >= 15 is 0 Å². The maximum atomic E-state index is 4.44. The van der Waals surface area contributed by atoms with Crippen molar-refractivity contribution in [2.24, 2.45) is 0 Å². The van der Waals surface area contributed by atoms with Gasteiger partial charge in [0.1, 0.15) is 16.4 Å². The van der Waals surface area contributed by atoms with Gasteiger partial charge in [-0.05, 0) is 40.2 Å². The first-order chi connectivity index (χ1) is 8.79. The van der Waals surface area contributed by atoms with Gasteiger partial charge in [0.15, 0.2) is 0 Å². The van der Waals surface area contributed by atoms with Gasteiger partial charge >= 0.3 is 0 Å². The van der Waals surface area contributed by atoms with Gasteiger partial charge in [-0.25, -0.2) is 19.9 Å². The van der Waals surface area contributed by atoms with Crippen LogP contribution in [0.5, 0.6) is 0 Å². The third kappa shape index (κ3) is 3.64. The zero-order valence-electron chi connectivity index (χ0n) is 9.80. The van der Waals surface area contributed by atoms with Gasteiger partial charge in [-0.1, -0.05) is 6.92 Å². The molecule has 0 aliphatic rings. The summed E-state index contributed by atoms with van der Waals surface area (Å²) in [5.41, 5.74) is 0. The van der Waals surface area contributed by atoms with Crippen molar-refractivity contribution in [2.75, 3.05) is 11.9 Å². The summed E-state index contributed by atoms with van der Waals surface area (Å²) in [5.74, 6) is 0.636. The molecular formula is C11H12BrN5S. The highest BCUT2D eigenvalue weighted by molar-refractivity contribution is 9.10. The molecule has 0 saturated carbocycles. The van der Waals surface area contributed by atoms with Crippen molar-refractivity contribution in [1.82, 2.24) is 19.9 Å². The van der Waals surface area contributed by atoms with E-state index in [1.54, 1.807) is 12.4 Å². The van der Waals surface area contributed by atoms with Crippen molar-refractivity contribution in [3.8, 4) is 0 Å². The number of aromatic nitrogens is 4. The molecular weight excluding hydrogens is 314 g/mol. The highest BCUT2D eigenvalue weighted by Crippen LogP contribution is 2.30. The number of halogens is 1. The van der Waals surface area contributed by atoms with E-state index in [1.165, 1.54) is 18.1 Å². The molecule has 5 nitrogen and oxygen atoms in total. The molecule has 94 valence electrons. The average molecular weight is 326 g/mol. The lowest BCUT2D eigenvalue weighted by Crippen LogP contribution is -2.04. The molecule has 0 aliphatic heterocycles. The summed E-state index contributed by atoms with van der Waals surface area (Å²) >= 11 is 4.91. The van der Waals surface area contributed by atoms with Gasteiger partial charge in [-0.3, -0.25) is 0 Å². The molecule has 0 radical (unpaired) electrons. The summed E-state index contributed by atoms with van der Waals surface area (Å²) in [6.07, 6.45) is 6.01. The number of hydrogen-bond donors (Lipinski definition) is 1. The quantitative estimate of drug-likeness (QED) is 0.852. The number of hydrogen-bond acceptors (Lipinski definition) is 6. The fraction of sp³-hybridized carbons (Fsp3) is 0.273. The Hall–Kier alpha value is -1.21. The minimum Gasteiger partial charge on any atom is -0.354 e. The van der Waals surface area contributed by atoms with Crippen molar-refractivity contribution in [2.45, 2.75) is 23.4 Å². The van der Waals surface area contributed by atoms with Crippen LogP contribution in [0.1, 0.15) is 13.3 Å². The number of nitrogens with one attached hydrogen (secondary N) is 1. The molecule has 0 amide bonds. The van der Waals surface area contributed by atoms with Crippen molar-refractivity contribution in [3.63, 3.8) is 0 Å². The van der Waals surface area contributed by atoms with Crippen LogP contribution < -0.4 is 5.32 Å². The maximum absolute atomic E-state index is 4.44. The molecule has 1 N–H and O–H groups in total. The average Bonchev–Trinajstić information content (AvgIpc) is 2.41. The highest BCUT2D eigenvalue weighted by Gasteiger charge is 2.07. The summed E-state index contributed by atoms with van der Waals surface area (Å²) in [6.45, 7) is 2.96. The summed E-state index contributed by atoms with van der Waals surface area (Å²) in [6, 6.07) is 1.85. The Morgan fingerprint density at radius 2 is 2.28 bits per heavy atom. The Balaban J connectivity index is 2.16. The second kappa shape index (κ2) is 6.65. The van der Waals surface area contributed by atoms with Crippen LogP contribution in [0.15, 0.2) is 39.3 Å². The van der Waals surface area contributed by atoms with Crippen molar-refractivity contribution < 1.29 is 0 Å². The first-order valence-electron chi connectivity index (χ1n) is 5.50. The summed E-state index contributed by atoms with van der Waals surface area (Å²) in [5, 5.41) is 4.85. The summed E-state index contributed by atoms with van der Waals surface area (Å²) < 4.78 is 0.855. The summed E-state index contributed by atoms with van der Waals surface area (Å²) in [7, 11) is 0. The molecule has 0 unspecified atom stereocenters. The third-order valence-electron chi connectivity index (χ3n) is 2.00. The highest BCUT2D eigenvalue weighted by atomic mass is 79.9. The van der Waals surface area contributed by atoms with E-state index in [0.717, 1.165) is 27.5 Å². The number of anilines is 1. The Bertz CT molecular complexity index is 508. The molecule has 0 fully saturated rings. The zero-order chi connectivity index (χ0) is 12.8. The van der Waals surface area contributed by atoms with E-state index in [2.05, 4.69) is 48.1 Å². The largest absolute Gasteiger partial charge is 0.354 e. The van der Waals surface area contributed by atoms with Crippen molar-refractivity contribution in [3.05, 3.63) is 29.3 Å². The number of rotatable bonds is 5. The molecule has 18 heavy (non-hydrogen) atoms. The van der Waals surface area contributed by atoms with E-state index in [1.807, 2.05) is 6.07 Å². The van der Waals surface area contributed by atoms with Gasteiger partial charge in [0.2, 0.25) is 5.95 Å². The number of nitrogens with zero attached hydrogens (tertiary/aromatic N) is 4. The SMILES string of the molecule is CCCNc1ncc(Br)c(Sc2ccncn2)n1. The second-order valence-corrected chi connectivity index (χ2v) is 5.29. The van der Waals surface area contributed by atoms with Crippen LogP contribution >= 0.6 is 27.7 Å². The predicted molar refractivity (Wildman–Crippen MR) is 74.7 cm³/mol. The molecule has 2 rings (SSSR count). The first kappa shape index (κ1) is 13.2. The molecule has 0 atom stereocenters. The fourth-order valence-corrected chi connectivity index (χ4v) is 2.33. The minimum absolute atomic E-state index is 0.636. The molecule has 7 heteroatoms. The molecule has 0 saturated heterocycles. The molecule has 0 aliphatic carbocycles. The molecule has 0 spiro atoms. The monoisotopic (exact) mass is 325 g/mol. The maximum Gasteiger partial charge on any atom is 0.223 e. The lowest BCUT2D eigenvalue weighted by molar-refractivity contribution is 0.928. The van der Waals surface area contributed by atoms with E-state index in [4.69, 9.17) is 0 Å². The lowest BCUT2D eigenvalue weighted by Gasteiger charge is -2.06. The smallest absolute Gasteiger partial charge is 0.223 e. The zero-order valence-corrected chi connectivity index (χ0v) is 12.2. The molecule has 0 bridgehead atoms. The topological polar surface area (TPSA) is 63.6 Å². The van der Waals surface area contributed by atoms with Crippen LogP contribution in [0.3, 0.4) is 0 Å². The second-order valence-electron chi connectivity index (χ2n) is 3.42. The van der Waals surface area contributed by atoms with Crippen LogP contribution in [-0.4, -0.2) is 26.5 Å². The van der Waals surface area contributed by atoms with Crippen LogP contribution in [0.2, 0.25) is 0 Å². The third-order valence-corrected chi connectivity index (χ3v) is 3.80. The van der Waals surface area contributed by atoms with Gasteiger partial charge < -0.3 is 5.32 Å². The molecule has 0 aromatic carbocycles. The van der Waals surface area contributed by atoms with E-state index in [9.17, 15) is 0 Å². The van der Waals surface area contributed by atoms with Crippen LogP contribution in [-0.2, 0) is 0 Å². The van der Waals surface area contributed by atoms with Gasteiger partial charge in [-0.2, -0.15) is 0 Å². The van der Waals surface area contributed by atoms with Crippen molar-refractivity contribution in [1.29, 1.82) is 0 Å². The molecule has 2 heterocycles. The Morgan fingerprint density at radius 1 is 1.39 bits per heavy atom. The van der Waals surface area contributed by atoms with Gasteiger partial charge in [-0.15, -0.1) is 0 Å². The first-order valence-corrected chi connectivity index (χ1v) is 7.11. The fourth-order valence-electron chi connectivity index (χ4n) is 1.18. The minimum atomic E-state index is 0.636.